The van der Waals surface area contributed by atoms with Crippen LogP contribution in [0.25, 0.3) is 50.7 Å². The molecule has 7 aromatic carbocycles. The second kappa shape index (κ2) is 24.6. The van der Waals surface area contributed by atoms with Crippen LogP contribution in [0.1, 0.15) is 92.9 Å². The summed E-state index contributed by atoms with van der Waals surface area (Å²) in [6, 6.07) is 58.1. The molecule has 0 amide bonds. The zero-order chi connectivity index (χ0) is 59.3. The van der Waals surface area contributed by atoms with Crippen molar-refractivity contribution in [1.82, 2.24) is 43.1 Å². The van der Waals surface area contributed by atoms with Gasteiger partial charge in [0.2, 0.25) is 17.6 Å². The van der Waals surface area contributed by atoms with Crippen molar-refractivity contribution in [3.05, 3.63) is 285 Å². The smallest absolute Gasteiger partial charge is 0.219 e. The molecular formula is C71H63F2N9O3. The Balaban J connectivity index is 0.000000134. The van der Waals surface area contributed by atoms with Crippen molar-refractivity contribution >= 4 is 16.9 Å². The van der Waals surface area contributed by atoms with E-state index in [-0.39, 0.29) is 23.6 Å². The van der Waals surface area contributed by atoms with E-state index >= 15 is 0 Å². The highest BCUT2D eigenvalue weighted by molar-refractivity contribution is 5.66. The molecule has 0 fully saturated rings. The Hall–Kier alpha value is -10.3. The lowest BCUT2D eigenvalue weighted by molar-refractivity contribution is 0.441. The molecule has 85 heavy (non-hydrogen) atoms. The van der Waals surface area contributed by atoms with Crippen molar-refractivity contribution in [2.75, 3.05) is 0 Å². The van der Waals surface area contributed by atoms with Crippen LogP contribution in [0, 0.1) is 39.3 Å². The monoisotopic (exact) mass is 1130 g/mol. The van der Waals surface area contributed by atoms with Crippen LogP contribution in [0.2, 0.25) is 0 Å². The summed E-state index contributed by atoms with van der Waals surface area (Å²) >= 11 is 0. The predicted molar refractivity (Wildman–Crippen MR) is 330 cm³/mol. The van der Waals surface area contributed by atoms with Gasteiger partial charge in [0.05, 0.1) is 34.2 Å². The highest BCUT2D eigenvalue weighted by Crippen LogP contribution is 2.33. The lowest BCUT2D eigenvalue weighted by Crippen LogP contribution is -2.01. The molecule has 6 heterocycles. The van der Waals surface area contributed by atoms with Gasteiger partial charge >= 0.3 is 0 Å². The normalized spacial score (nSPS) is 11.3. The van der Waals surface area contributed by atoms with Gasteiger partial charge in [0.1, 0.15) is 17.1 Å². The fourth-order valence-electron chi connectivity index (χ4n) is 10.1. The van der Waals surface area contributed by atoms with Crippen molar-refractivity contribution in [1.29, 1.82) is 0 Å². The average molecular weight is 1130 g/mol. The van der Waals surface area contributed by atoms with E-state index in [1.165, 1.54) is 17.2 Å². The maximum atomic E-state index is 13.9. The number of nitrogens with zero attached hydrogens (tertiary/aromatic N) is 9. The predicted octanol–water partition coefficient (Wildman–Crippen LogP) is 15.3. The van der Waals surface area contributed by atoms with E-state index in [2.05, 4.69) is 86.2 Å². The summed E-state index contributed by atoms with van der Waals surface area (Å²) in [7, 11) is 0. The standard InChI is InChI=1S/C27H21F2N3O.C23H23N3O.C21H19N3O/c1-17-7-9-19(10-8-17)14-24-27(33)32-16-25(20-11-12-21(28)22(29)15-20)30-23(26(32)31-24)13-18-5-3-2-4-6-18;1-15(2)21-22-25-19(13-17-11-9-16(3)10-12-17)23(27)26(22)14-20(24-21)18-7-5-4-6-8-18;1-14-8-10-16(11-9-14)12-18-21(25)24-13-19(17-6-4-3-5-7-17)22-15(2)20(24)23-18/h2-12,15-16,33H,13-14H2,1H3;4-12,14-15,27H,13H2,1-3H3;3-11,13,25H,12H2,1-2H3. The molecule has 0 saturated carbocycles. The van der Waals surface area contributed by atoms with Crippen LogP contribution >= 0.6 is 0 Å². The molecule has 0 unspecified atom stereocenters. The van der Waals surface area contributed by atoms with Gasteiger partial charge in [0, 0.05) is 61.0 Å². The molecule has 0 atom stereocenters. The molecule has 13 rings (SSSR count). The molecule has 0 spiro atoms. The van der Waals surface area contributed by atoms with Crippen molar-refractivity contribution in [3.8, 4) is 51.4 Å². The first-order valence-corrected chi connectivity index (χ1v) is 28.2. The Morgan fingerprint density at radius 1 is 0.365 bits per heavy atom. The second-order valence-corrected chi connectivity index (χ2v) is 21.7. The summed E-state index contributed by atoms with van der Waals surface area (Å²) in [6.45, 7) is 12.3. The summed E-state index contributed by atoms with van der Waals surface area (Å²) < 4.78 is 32.5. The molecule has 0 aliphatic carbocycles. The summed E-state index contributed by atoms with van der Waals surface area (Å²) in [6.07, 6.45) is 7.44. The number of fused-ring (bicyclic) bond motifs is 3. The van der Waals surface area contributed by atoms with Crippen LogP contribution in [-0.2, 0) is 25.7 Å². The minimum Gasteiger partial charge on any atom is -0.493 e. The first kappa shape index (κ1) is 56.5. The van der Waals surface area contributed by atoms with Crippen LogP contribution in [0.15, 0.2) is 201 Å². The van der Waals surface area contributed by atoms with Gasteiger partial charge in [-0.2, -0.15) is 0 Å². The first-order valence-electron chi connectivity index (χ1n) is 28.2. The lowest BCUT2D eigenvalue weighted by Gasteiger charge is -2.10. The Bertz CT molecular complexity index is 4470. The van der Waals surface area contributed by atoms with E-state index in [1.807, 2.05) is 142 Å². The quantitative estimate of drug-likeness (QED) is 0.109. The SMILES string of the molecule is Cc1ccc(Cc2nc3c(C(C)C)nc(-c4ccccc4)cn3c2O)cc1.Cc1ccc(Cc2nc3c(C)nc(-c4ccccc4)cn3c2O)cc1.Cc1ccc(Cc2nc3c(Cc4ccccc4)nc(-c4ccc(F)c(F)c4)cn3c2O)cc1. The summed E-state index contributed by atoms with van der Waals surface area (Å²) in [5.41, 5.74) is 18.6. The molecule has 424 valence electrons. The third kappa shape index (κ3) is 12.7. The van der Waals surface area contributed by atoms with Gasteiger partial charge in [-0.1, -0.05) is 194 Å². The van der Waals surface area contributed by atoms with E-state index in [0.717, 1.165) is 79.5 Å². The number of rotatable bonds is 12. The highest BCUT2D eigenvalue weighted by atomic mass is 19.2. The number of aryl methyl sites for hydroxylation is 4. The molecule has 0 aliphatic heterocycles. The number of benzene rings is 7. The van der Waals surface area contributed by atoms with Crippen LogP contribution in [0.3, 0.4) is 0 Å². The van der Waals surface area contributed by atoms with Gasteiger partial charge in [0.25, 0.3) is 0 Å². The minimum absolute atomic E-state index is 0.00567. The zero-order valence-corrected chi connectivity index (χ0v) is 48.1. The van der Waals surface area contributed by atoms with Crippen LogP contribution < -0.4 is 0 Å². The number of imidazole rings is 3. The highest BCUT2D eigenvalue weighted by Gasteiger charge is 2.22. The van der Waals surface area contributed by atoms with E-state index in [1.54, 1.807) is 19.4 Å². The molecular weight excluding hydrogens is 1060 g/mol. The van der Waals surface area contributed by atoms with Crippen LogP contribution in [0.5, 0.6) is 17.6 Å². The van der Waals surface area contributed by atoms with Crippen molar-refractivity contribution in [2.24, 2.45) is 0 Å². The van der Waals surface area contributed by atoms with Crippen molar-refractivity contribution < 1.29 is 24.1 Å². The molecule has 3 N–H and O–H groups in total. The van der Waals surface area contributed by atoms with E-state index < -0.39 is 11.6 Å². The minimum atomic E-state index is -0.950. The molecule has 0 radical (unpaired) electrons. The Kier molecular flexibility index (Phi) is 16.4. The third-order valence-electron chi connectivity index (χ3n) is 14.8. The van der Waals surface area contributed by atoms with Gasteiger partial charge < -0.3 is 15.3 Å². The molecule has 0 aliphatic rings. The number of hydrogen-bond acceptors (Lipinski definition) is 9. The molecule has 13 aromatic rings. The largest absolute Gasteiger partial charge is 0.493 e. The summed E-state index contributed by atoms with van der Waals surface area (Å²) in [5, 5.41) is 32.5. The Labute approximate surface area is 491 Å². The summed E-state index contributed by atoms with van der Waals surface area (Å²) in [5.74, 6) is -1.30. The molecule has 6 aromatic heterocycles. The topological polar surface area (TPSA) is 151 Å². The maximum absolute atomic E-state index is 13.9. The Morgan fingerprint density at radius 3 is 1.20 bits per heavy atom. The van der Waals surface area contributed by atoms with E-state index in [0.29, 0.717) is 71.0 Å². The average Bonchev–Trinajstić information content (AvgIpc) is 2.78. The van der Waals surface area contributed by atoms with Crippen molar-refractivity contribution in [2.45, 2.75) is 73.1 Å². The zero-order valence-electron chi connectivity index (χ0n) is 48.1. The van der Waals surface area contributed by atoms with Gasteiger partial charge in [-0.15, -0.1) is 0 Å². The number of aromatic nitrogens is 9. The Morgan fingerprint density at radius 2 is 0.741 bits per heavy atom. The molecule has 0 bridgehead atoms. The van der Waals surface area contributed by atoms with E-state index in [9.17, 15) is 24.1 Å². The van der Waals surface area contributed by atoms with Crippen LogP contribution in [-0.4, -0.2) is 58.4 Å². The summed E-state index contributed by atoms with van der Waals surface area (Å²) in [4.78, 5) is 28.3. The molecule has 0 saturated heterocycles. The van der Waals surface area contributed by atoms with Gasteiger partial charge in [-0.25, -0.2) is 38.7 Å². The number of aromatic hydroxyl groups is 3. The fraction of sp³-hybridized carbons (Fsp3) is 0.155. The molecule has 12 nitrogen and oxygen atoms in total. The van der Waals surface area contributed by atoms with Gasteiger partial charge in [0.15, 0.2) is 28.6 Å². The molecule has 14 heteroatoms. The first-order chi connectivity index (χ1) is 41.1. The van der Waals surface area contributed by atoms with Crippen molar-refractivity contribution in [3.63, 3.8) is 0 Å². The lowest BCUT2D eigenvalue weighted by atomic mass is 10.1. The van der Waals surface area contributed by atoms with Gasteiger partial charge in [-0.05, 0) is 74.1 Å². The third-order valence-corrected chi connectivity index (χ3v) is 14.8. The fourth-order valence-corrected chi connectivity index (χ4v) is 10.1. The van der Waals surface area contributed by atoms with Gasteiger partial charge in [-0.3, -0.25) is 13.2 Å². The number of hydrogen-bond donors (Lipinski definition) is 3. The maximum Gasteiger partial charge on any atom is 0.219 e. The van der Waals surface area contributed by atoms with Crippen LogP contribution in [0.4, 0.5) is 8.78 Å². The number of halogens is 2. The van der Waals surface area contributed by atoms with E-state index in [4.69, 9.17) is 19.9 Å². The second-order valence-electron chi connectivity index (χ2n) is 21.7.